The molecule has 0 radical (unpaired) electrons. The van der Waals surface area contributed by atoms with Crippen LogP contribution < -0.4 is 0 Å². The quantitative estimate of drug-likeness (QED) is 0.717. The minimum absolute atomic E-state index is 0.0547. The third-order valence-electron chi connectivity index (χ3n) is 1.84. The first kappa shape index (κ1) is 10.5. The van der Waals surface area contributed by atoms with Gasteiger partial charge in [-0.2, -0.15) is 0 Å². The summed E-state index contributed by atoms with van der Waals surface area (Å²) in [6.45, 7) is 0. The second-order valence-corrected chi connectivity index (χ2v) is 3.57. The smallest absolute Gasteiger partial charge is 0.227 e. The molecule has 2 aromatic rings. The summed E-state index contributed by atoms with van der Waals surface area (Å²) in [6, 6.07) is 4.77. The minimum Gasteiger partial charge on any atom is -0.227 e. The predicted molar refractivity (Wildman–Crippen MR) is 54.5 cm³/mol. The van der Waals surface area contributed by atoms with Crippen LogP contribution >= 0.6 is 23.2 Å². The van der Waals surface area contributed by atoms with E-state index in [4.69, 9.17) is 23.2 Å². The van der Waals surface area contributed by atoms with Gasteiger partial charge in [-0.05, 0) is 12.1 Å². The van der Waals surface area contributed by atoms with Gasteiger partial charge in [-0.25, -0.2) is 18.7 Å². The Hall–Kier alpha value is -1.00. The van der Waals surface area contributed by atoms with Crippen LogP contribution in [0.3, 0.4) is 0 Å². The lowest BCUT2D eigenvalue weighted by molar-refractivity contribution is 0.141. The van der Waals surface area contributed by atoms with Crippen molar-refractivity contribution in [3.8, 4) is 0 Å². The molecule has 1 aromatic heterocycles. The zero-order valence-electron chi connectivity index (χ0n) is 7.22. The molecule has 0 unspecified atom stereocenters. The Labute approximate surface area is 93.9 Å². The molecular formula is C9H4Cl2F2N2. The summed E-state index contributed by atoms with van der Waals surface area (Å²) in [4.78, 5) is 7.15. The molecule has 2 nitrogen and oxygen atoms in total. The Kier molecular flexibility index (Phi) is 2.71. The van der Waals surface area contributed by atoms with Gasteiger partial charge in [-0.1, -0.05) is 29.3 Å². The van der Waals surface area contributed by atoms with E-state index in [1.54, 1.807) is 18.2 Å². The van der Waals surface area contributed by atoms with Gasteiger partial charge in [0.1, 0.15) is 5.15 Å². The van der Waals surface area contributed by atoms with Crippen LogP contribution in [0.15, 0.2) is 18.2 Å². The van der Waals surface area contributed by atoms with Crippen molar-refractivity contribution in [3.05, 3.63) is 34.2 Å². The van der Waals surface area contributed by atoms with Crippen molar-refractivity contribution in [2.24, 2.45) is 0 Å². The largest absolute Gasteiger partial charge is 0.297 e. The van der Waals surface area contributed by atoms with Crippen molar-refractivity contribution >= 4 is 34.1 Å². The maximum absolute atomic E-state index is 12.4. The summed E-state index contributed by atoms with van der Waals surface area (Å²) in [5.74, 6) is -0.588. The van der Waals surface area contributed by atoms with Crippen LogP contribution in [0, 0.1) is 0 Å². The van der Waals surface area contributed by atoms with E-state index in [1.165, 1.54) is 0 Å². The van der Waals surface area contributed by atoms with Crippen molar-refractivity contribution in [3.63, 3.8) is 0 Å². The van der Waals surface area contributed by atoms with Crippen molar-refractivity contribution < 1.29 is 8.78 Å². The summed E-state index contributed by atoms with van der Waals surface area (Å²) in [7, 11) is 0. The van der Waals surface area contributed by atoms with E-state index in [-0.39, 0.29) is 5.15 Å². The summed E-state index contributed by atoms with van der Waals surface area (Å²) in [6.07, 6.45) is -2.74. The topological polar surface area (TPSA) is 25.8 Å². The van der Waals surface area contributed by atoms with Crippen molar-refractivity contribution in [2.45, 2.75) is 6.43 Å². The highest BCUT2D eigenvalue weighted by molar-refractivity contribution is 6.41. The van der Waals surface area contributed by atoms with Crippen LogP contribution in [0.5, 0.6) is 0 Å². The number of nitrogens with zero attached hydrogens (tertiary/aromatic N) is 2. The number of hydrogen-bond acceptors (Lipinski definition) is 2. The maximum atomic E-state index is 12.4. The number of fused-ring (bicyclic) bond motifs is 1. The first-order valence-electron chi connectivity index (χ1n) is 3.99. The zero-order valence-corrected chi connectivity index (χ0v) is 8.73. The molecule has 0 saturated heterocycles. The second-order valence-electron chi connectivity index (χ2n) is 2.81. The van der Waals surface area contributed by atoms with Gasteiger partial charge < -0.3 is 0 Å². The molecule has 2 rings (SSSR count). The lowest BCUT2D eigenvalue weighted by Gasteiger charge is -2.04. The number of halogens is 4. The lowest BCUT2D eigenvalue weighted by atomic mass is 10.2. The molecule has 0 bridgehead atoms. The molecule has 15 heavy (non-hydrogen) atoms. The first-order valence-corrected chi connectivity index (χ1v) is 4.75. The van der Waals surface area contributed by atoms with Gasteiger partial charge in [-0.3, -0.25) is 0 Å². The first-order chi connectivity index (χ1) is 7.09. The highest BCUT2D eigenvalue weighted by atomic mass is 35.5. The van der Waals surface area contributed by atoms with E-state index in [0.29, 0.717) is 15.9 Å². The molecular weight excluding hydrogens is 245 g/mol. The molecule has 0 saturated carbocycles. The van der Waals surface area contributed by atoms with Crippen LogP contribution in [-0.4, -0.2) is 9.97 Å². The molecule has 0 N–H and O–H groups in total. The third kappa shape index (κ3) is 1.87. The average molecular weight is 249 g/mol. The lowest BCUT2D eigenvalue weighted by Crippen LogP contribution is -1.96. The zero-order chi connectivity index (χ0) is 11.0. The molecule has 0 spiro atoms. The molecule has 6 heteroatoms. The van der Waals surface area contributed by atoms with Gasteiger partial charge in [0, 0.05) is 0 Å². The van der Waals surface area contributed by atoms with Crippen molar-refractivity contribution in [1.29, 1.82) is 0 Å². The van der Waals surface area contributed by atoms with Crippen LogP contribution in [0.2, 0.25) is 10.2 Å². The van der Waals surface area contributed by atoms with Crippen LogP contribution in [0.25, 0.3) is 10.9 Å². The third-order valence-corrected chi connectivity index (χ3v) is 2.43. The molecule has 0 amide bonds. The van der Waals surface area contributed by atoms with Gasteiger partial charge in [0.2, 0.25) is 0 Å². The Morgan fingerprint density at radius 3 is 2.53 bits per heavy atom. The highest BCUT2D eigenvalue weighted by Crippen LogP contribution is 2.29. The molecule has 0 aliphatic heterocycles. The van der Waals surface area contributed by atoms with E-state index >= 15 is 0 Å². The summed E-state index contributed by atoms with van der Waals surface area (Å²) < 4.78 is 24.7. The standard InChI is InChI=1S/C9H4Cl2F2N2/c10-4-2-1-3-5-6(4)7(11)15-9(14-5)8(12)13/h1-3,8H. The van der Waals surface area contributed by atoms with Gasteiger partial charge in [0.15, 0.2) is 5.82 Å². The fourth-order valence-electron chi connectivity index (χ4n) is 1.21. The molecule has 0 aliphatic carbocycles. The number of hydrogen-bond donors (Lipinski definition) is 0. The minimum atomic E-state index is -2.74. The van der Waals surface area contributed by atoms with Crippen LogP contribution in [0.1, 0.15) is 12.2 Å². The molecule has 0 fully saturated rings. The molecule has 1 aromatic carbocycles. The van der Waals surface area contributed by atoms with Crippen molar-refractivity contribution in [1.82, 2.24) is 9.97 Å². The molecule has 78 valence electrons. The fourth-order valence-corrected chi connectivity index (χ4v) is 1.81. The fraction of sp³-hybridized carbons (Fsp3) is 0.111. The van der Waals surface area contributed by atoms with Gasteiger partial charge >= 0.3 is 0 Å². The van der Waals surface area contributed by atoms with E-state index in [2.05, 4.69) is 9.97 Å². The monoisotopic (exact) mass is 248 g/mol. The van der Waals surface area contributed by atoms with Gasteiger partial charge in [-0.15, -0.1) is 0 Å². The Balaban J connectivity index is 2.78. The number of benzene rings is 1. The number of aromatic nitrogens is 2. The molecule has 0 atom stereocenters. The van der Waals surface area contributed by atoms with Crippen LogP contribution in [0.4, 0.5) is 8.78 Å². The van der Waals surface area contributed by atoms with Crippen LogP contribution in [-0.2, 0) is 0 Å². The van der Waals surface area contributed by atoms with E-state index < -0.39 is 12.2 Å². The normalized spacial score (nSPS) is 11.3. The summed E-state index contributed by atoms with van der Waals surface area (Å²) in [5.41, 5.74) is 0.317. The van der Waals surface area contributed by atoms with Crippen molar-refractivity contribution in [2.75, 3.05) is 0 Å². The maximum Gasteiger partial charge on any atom is 0.297 e. The molecule has 0 aliphatic rings. The summed E-state index contributed by atoms with van der Waals surface area (Å²) in [5, 5.41) is 0.685. The SMILES string of the molecule is FC(F)c1nc(Cl)c2c(Cl)cccc2n1. The summed E-state index contributed by atoms with van der Waals surface area (Å²) >= 11 is 11.6. The second kappa shape index (κ2) is 3.87. The van der Waals surface area contributed by atoms with E-state index in [9.17, 15) is 8.78 Å². The predicted octanol–water partition coefficient (Wildman–Crippen LogP) is 3.87. The Bertz CT molecular complexity index is 517. The molecule has 1 heterocycles. The number of rotatable bonds is 1. The Morgan fingerprint density at radius 1 is 1.13 bits per heavy atom. The van der Waals surface area contributed by atoms with E-state index in [0.717, 1.165) is 0 Å². The van der Waals surface area contributed by atoms with Gasteiger partial charge in [0.25, 0.3) is 6.43 Å². The highest BCUT2D eigenvalue weighted by Gasteiger charge is 2.15. The number of alkyl halides is 2. The average Bonchev–Trinajstić information content (AvgIpc) is 2.17. The Morgan fingerprint density at radius 2 is 1.87 bits per heavy atom. The van der Waals surface area contributed by atoms with Gasteiger partial charge in [0.05, 0.1) is 15.9 Å². The van der Waals surface area contributed by atoms with E-state index in [1.807, 2.05) is 0 Å².